The Bertz CT molecular complexity index is 593. The Kier molecular flexibility index (Phi) is 4.04. The van der Waals surface area contributed by atoms with Gasteiger partial charge in [-0.3, -0.25) is 9.78 Å². The van der Waals surface area contributed by atoms with E-state index in [-0.39, 0.29) is 11.4 Å². The third-order valence-corrected chi connectivity index (χ3v) is 3.91. The lowest BCUT2D eigenvalue weighted by Gasteiger charge is -2.25. The fourth-order valence-electron chi connectivity index (χ4n) is 1.80. The highest BCUT2D eigenvalue weighted by atomic mass is 32.1. The van der Waals surface area contributed by atoms with Crippen LogP contribution < -0.4 is 5.32 Å². The Hall–Kier alpha value is -1.95. The summed E-state index contributed by atoms with van der Waals surface area (Å²) >= 11 is 1.60. The topological polar surface area (TPSA) is 58.1 Å². The summed E-state index contributed by atoms with van der Waals surface area (Å²) in [6, 6.07) is 3.61. The highest BCUT2D eigenvalue weighted by Crippen LogP contribution is 2.27. The van der Waals surface area contributed by atoms with E-state index in [1.807, 2.05) is 11.4 Å². The van der Waals surface area contributed by atoms with Crippen molar-refractivity contribution in [3.63, 3.8) is 0 Å². The Labute approximate surface area is 122 Å². The number of amides is 1. The number of hydrogen-bond donors (Lipinski definition) is 1. The summed E-state index contributed by atoms with van der Waals surface area (Å²) in [6.45, 7) is 4.11. The highest BCUT2D eigenvalue weighted by molar-refractivity contribution is 7.09. The summed E-state index contributed by atoms with van der Waals surface area (Å²) in [5, 5.41) is 6.34. The molecular weight excluding hydrogens is 272 g/mol. The molecule has 6 heteroatoms. The number of pyridine rings is 1. The lowest BCUT2D eigenvalue weighted by molar-refractivity contribution is 0.0822. The van der Waals surface area contributed by atoms with E-state index in [9.17, 15) is 4.79 Å². The molecule has 2 rings (SSSR count). The summed E-state index contributed by atoms with van der Waals surface area (Å²) in [6.07, 6.45) is 3.42. The molecule has 0 spiro atoms. The predicted octanol–water partition coefficient (Wildman–Crippen LogP) is 2.59. The number of hydrogen-bond acceptors (Lipinski definition) is 5. The van der Waals surface area contributed by atoms with E-state index >= 15 is 0 Å². The fourth-order valence-corrected chi connectivity index (χ4v) is 2.52. The van der Waals surface area contributed by atoms with Crippen molar-refractivity contribution in [3.05, 3.63) is 40.6 Å². The van der Waals surface area contributed by atoms with Crippen LogP contribution >= 0.6 is 11.3 Å². The zero-order chi connectivity index (χ0) is 14.8. The number of nitrogens with one attached hydrogen (secondary N) is 1. The van der Waals surface area contributed by atoms with Crippen LogP contribution in [0.15, 0.2) is 29.9 Å². The van der Waals surface area contributed by atoms with Gasteiger partial charge in [-0.05, 0) is 26.0 Å². The molecule has 106 valence electrons. The predicted molar refractivity (Wildman–Crippen MR) is 81.0 cm³/mol. The van der Waals surface area contributed by atoms with Crippen LogP contribution in [-0.4, -0.2) is 34.9 Å². The van der Waals surface area contributed by atoms with Gasteiger partial charge in [-0.15, -0.1) is 11.3 Å². The molecule has 0 radical (unpaired) electrons. The number of nitrogens with zero attached hydrogens (tertiary/aromatic N) is 3. The number of aromatic nitrogens is 2. The maximum atomic E-state index is 11.9. The quantitative estimate of drug-likeness (QED) is 0.940. The largest absolute Gasteiger partial charge is 0.374 e. The smallest absolute Gasteiger partial charge is 0.272 e. The van der Waals surface area contributed by atoms with E-state index in [0.717, 1.165) is 10.7 Å². The second kappa shape index (κ2) is 5.58. The molecule has 1 amide bonds. The van der Waals surface area contributed by atoms with E-state index in [1.54, 1.807) is 43.9 Å². The molecule has 2 aromatic heterocycles. The van der Waals surface area contributed by atoms with Gasteiger partial charge < -0.3 is 10.2 Å². The molecule has 0 saturated carbocycles. The van der Waals surface area contributed by atoms with Crippen molar-refractivity contribution in [2.45, 2.75) is 19.4 Å². The van der Waals surface area contributed by atoms with Crippen LogP contribution in [0.5, 0.6) is 0 Å². The van der Waals surface area contributed by atoms with Gasteiger partial charge in [-0.2, -0.15) is 0 Å². The average molecular weight is 290 g/mol. The Morgan fingerprint density at radius 3 is 2.65 bits per heavy atom. The van der Waals surface area contributed by atoms with Gasteiger partial charge in [-0.25, -0.2) is 4.98 Å². The maximum Gasteiger partial charge on any atom is 0.272 e. The van der Waals surface area contributed by atoms with Gasteiger partial charge in [0.25, 0.3) is 5.91 Å². The van der Waals surface area contributed by atoms with Gasteiger partial charge >= 0.3 is 0 Å². The number of carbonyl (C=O) groups excluding carboxylic acids is 1. The molecule has 0 aliphatic heterocycles. The van der Waals surface area contributed by atoms with Crippen LogP contribution in [0.2, 0.25) is 0 Å². The number of anilines is 1. The van der Waals surface area contributed by atoms with Gasteiger partial charge in [-0.1, -0.05) is 0 Å². The first-order chi connectivity index (χ1) is 9.40. The van der Waals surface area contributed by atoms with Crippen molar-refractivity contribution in [2.75, 3.05) is 19.4 Å². The number of rotatable bonds is 4. The van der Waals surface area contributed by atoms with Gasteiger partial charge in [0, 0.05) is 37.6 Å². The Morgan fingerprint density at radius 2 is 2.05 bits per heavy atom. The molecule has 0 atom stereocenters. The molecule has 5 nitrogen and oxygen atoms in total. The highest BCUT2D eigenvalue weighted by Gasteiger charge is 2.23. The maximum absolute atomic E-state index is 11.9. The Morgan fingerprint density at radius 1 is 1.30 bits per heavy atom. The molecule has 0 aromatic carbocycles. The van der Waals surface area contributed by atoms with Crippen LogP contribution in [0.1, 0.15) is 29.3 Å². The molecule has 2 heterocycles. The zero-order valence-corrected chi connectivity index (χ0v) is 12.9. The zero-order valence-electron chi connectivity index (χ0n) is 12.0. The number of thiazole rings is 1. The number of carbonyl (C=O) groups is 1. The standard InChI is InChI=1S/C14H18N4OS/c1-14(2,13-16-7-8-20-13)17-10-5-6-15-11(9-10)12(19)18(3)4/h5-9H,1-4H3,(H,15,17). The average Bonchev–Trinajstić information content (AvgIpc) is 2.92. The first-order valence-electron chi connectivity index (χ1n) is 6.26. The van der Waals surface area contributed by atoms with Gasteiger partial charge in [0.1, 0.15) is 10.7 Å². The van der Waals surface area contributed by atoms with Crippen molar-refractivity contribution in [1.82, 2.24) is 14.9 Å². The van der Waals surface area contributed by atoms with Crippen LogP contribution in [-0.2, 0) is 5.54 Å². The molecular formula is C14H18N4OS. The van der Waals surface area contributed by atoms with E-state index in [0.29, 0.717) is 5.69 Å². The van der Waals surface area contributed by atoms with Crippen molar-refractivity contribution >= 4 is 22.9 Å². The lowest BCUT2D eigenvalue weighted by atomic mass is 10.1. The lowest BCUT2D eigenvalue weighted by Crippen LogP contribution is -2.28. The molecule has 2 aromatic rings. The van der Waals surface area contributed by atoms with Crippen LogP contribution in [0.4, 0.5) is 5.69 Å². The van der Waals surface area contributed by atoms with Gasteiger partial charge in [0.2, 0.25) is 0 Å². The van der Waals surface area contributed by atoms with E-state index in [1.165, 1.54) is 4.90 Å². The molecule has 0 fully saturated rings. The molecule has 0 unspecified atom stereocenters. The van der Waals surface area contributed by atoms with Crippen molar-refractivity contribution in [1.29, 1.82) is 0 Å². The van der Waals surface area contributed by atoms with Crippen molar-refractivity contribution < 1.29 is 4.79 Å². The second-order valence-corrected chi connectivity index (χ2v) is 6.11. The molecule has 0 aliphatic carbocycles. The first-order valence-corrected chi connectivity index (χ1v) is 7.14. The fraction of sp³-hybridized carbons (Fsp3) is 0.357. The van der Waals surface area contributed by atoms with Crippen LogP contribution in [0.25, 0.3) is 0 Å². The molecule has 0 aliphatic rings. The van der Waals surface area contributed by atoms with Crippen molar-refractivity contribution in [3.8, 4) is 0 Å². The summed E-state index contributed by atoms with van der Waals surface area (Å²) in [7, 11) is 3.42. The second-order valence-electron chi connectivity index (χ2n) is 5.22. The monoisotopic (exact) mass is 290 g/mol. The van der Waals surface area contributed by atoms with E-state index in [4.69, 9.17) is 0 Å². The minimum Gasteiger partial charge on any atom is -0.374 e. The van der Waals surface area contributed by atoms with Gasteiger partial charge in [0.05, 0.1) is 5.54 Å². The van der Waals surface area contributed by atoms with E-state index in [2.05, 4.69) is 29.1 Å². The minimum absolute atomic E-state index is 0.110. The molecule has 0 bridgehead atoms. The van der Waals surface area contributed by atoms with E-state index < -0.39 is 0 Å². The normalized spacial score (nSPS) is 11.2. The van der Waals surface area contributed by atoms with Crippen LogP contribution in [0, 0.1) is 0 Å². The van der Waals surface area contributed by atoms with Gasteiger partial charge in [0.15, 0.2) is 0 Å². The third kappa shape index (κ3) is 3.14. The summed E-state index contributed by atoms with van der Waals surface area (Å²) < 4.78 is 0. The third-order valence-electron chi connectivity index (χ3n) is 2.81. The summed E-state index contributed by atoms with van der Waals surface area (Å²) in [5.74, 6) is -0.110. The molecule has 20 heavy (non-hydrogen) atoms. The minimum atomic E-state index is -0.298. The SMILES string of the molecule is CN(C)C(=O)c1cc(NC(C)(C)c2nccs2)ccn1. The molecule has 1 N–H and O–H groups in total. The van der Waals surface area contributed by atoms with Crippen molar-refractivity contribution in [2.24, 2.45) is 0 Å². The first kappa shape index (κ1) is 14.5. The summed E-state index contributed by atoms with van der Waals surface area (Å²) in [4.78, 5) is 21.9. The Balaban J connectivity index is 2.22. The molecule has 0 saturated heterocycles. The van der Waals surface area contributed by atoms with Crippen LogP contribution in [0.3, 0.4) is 0 Å². The summed E-state index contributed by atoms with van der Waals surface area (Å²) in [5.41, 5.74) is 0.980.